The summed E-state index contributed by atoms with van der Waals surface area (Å²) in [6.07, 6.45) is -0.478. The van der Waals surface area contributed by atoms with E-state index in [1.54, 1.807) is 0 Å². The molecule has 116 valence electrons. The van der Waals surface area contributed by atoms with E-state index in [1.165, 1.54) is 0 Å². The smallest absolute Gasteiger partial charge is 0.326 e. The molecule has 0 fully saturated rings. The summed E-state index contributed by atoms with van der Waals surface area (Å²) < 4.78 is 4.38. The maximum Gasteiger partial charge on any atom is 0.326 e. The van der Waals surface area contributed by atoms with Crippen molar-refractivity contribution < 1.29 is 24.2 Å². The van der Waals surface area contributed by atoms with E-state index in [0.717, 1.165) is 7.11 Å². The van der Waals surface area contributed by atoms with E-state index in [0.29, 0.717) is 5.82 Å². The quantitative estimate of drug-likeness (QED) is 0.643. The first-order valence-electron chi connectivity index (χ1n) is 6.18. The van der Waals surface area contributed by atoms with Gasteiger partial charge in [0, 0.05) is 5.41 Å². The Kier molecular flexibility index (Phi) is 5.01. The molecule has 9 heteroatoms. The van der Waals surface area contributed by atoms with Gasteiger partial charge >= 0.3 is 11.9 Å². The molecule has 1 rings (SSSR count). The summed E-state index contributed by atoms with van der Waals surface area (Å²) in [5.41, 5.74) is -0.330. The van der Waals surface area contributed by atoms with Crippen molar-refractivity contribution in [1.29, 1.82) is 0 Å². The highest BCUT2D eigenvalue weighted by Crippen LogP contribution is 2.17. The number of ether oxygens (including phenoxy) is 1. The van der Waals surface area contributed by atoms with Crippen molar-refractivity contribution in [3.05, 3.63) is 11.6 Å². The number of aromatic nitrogens is 3. The molecule has 3 N–H and O–H groups in total. The number of carboxylic acid groups (broad SMARTS) is 1. The van der Waals surface area contributed by atoms with Crippen LogP contribution in [0.3, 0.4) is 0 Å². The molecular formula is C12H18N4O5. The van der Waals surface area contributed by atoms with Crippen LogP contribution in [0.25, 0.3) is 0 Å². The Morgan fingerprint density at radius 3 is 2.43 bits per heavy atom. The Bertz CT molecular complexity index is 546. The number of nitrogens with one attached hydrogen (secondary N) is 2. The molecule has 9 nitrogen and oxygen atoms in total. The van der Waals surface area contributed by atoms with Gasteiger partial charge in [-0.05, 0) is 0 Å². The highest BCUT2D eigenvalue weighted by Gasteiger charge is 2.27. The number of hydrogen-bond donors (Lipinski definition) is 3. The van der Waals surface area contributed by atoms with Gasteiger partial charge < -0.3 is 15.2 Å². The van der Waals surface area contributed by atoms with Gasteiger partial charge in [0.15, 0.2) is 0 Å². The zero-order valence-corrected chi connectivity index (χ0v) is 12.3. The second-order valence-corrected chi connectivity index (χ2v) is 5.40. The second kappa shape index (κ2) is 6.33. The van der Waals surface area contributed by atoms with Crippen molar-refractivity contribution >= 4 is 17.8 Å². The molecule has 0 aliphatic carbocycles. The SMILES string of the molecule is COC(=O)C[C@H](NC(=O)c1n[nH]c(C(C)(C)C)n1)C(=O)O. The van der Waals surface area contributed by atoms with Crippen molar-refractivity contribution in [1.82, 2.24) is 20.5 Å². The third-order valence-electron chi connectivity index (χ3n) is 2.60. The van der Waals surface area contributed by atoms with Gasteiger partial charge in [-0.2, -0.15) is 0 Å². The standard InChI is InChI=1S/C12H18N4O5/c1-12(2,3)11-14-8(15-16-11)9(18)13-6(10(19)20)5-7(17)21-4/h6H,5H2,1-4H3,(H,13,18)(H,19,20)(H,14,15,16)/t6-/m0/s1. The molecule has 1 heterocycles. The van der Waals surface area contributed by atoms with Crippen LogP contribution >= 0.6 is 0 Å². The van der Waals surface area contributed by atoms with Gasteiger partial charge in [-0.3, -0.25) is 14.7 Å². The predicted octanol–water partition coefficient (Wildman–Crippen LogP) is -0.152. The molecule has 1 aromatic heterocycles. The third kappa shape index (κ3) is 4.55. The van der Waals surface area contributed by atoms with Crippen molar-refractivity contribution in [2.75, 3.05) is 7.11 Å². The molecule has 0 aliphatic rings. The van der Waals surface area contributed by atoms with Crippen molar-refractivity contribution in [3.63, 3.8) is 0 Å². The molecule has 0 spiro atoms. The molecule has 0 radical (unpaired) electrons. The van der Waals surface area contributed by atoms with Crippen LogP contribution in [0, 0.1) is 0 Å². The first-order valence-corrected chi connectivity index (χ1v) is 6.18. The van der Waals surface area contributed by atoms with Crippen LogP contribution in [0.15, 0.2) is 0 Å². The Morgan fingerprint density at radius 2 is 2.00 bits per heavy atom. The lowest BCUT2D eigenvalue weighted by Crippen LogP contribution is -2.42. The summed E-state index contributed by atoms with van der Waals surface area (Å²) >= 11 is 0. The van der Waals surface area contributed by atoms with Gasteiger partial charge in [0.1, 0.15) is 11.9 Å². The Morgan fingerprint density at radius 1 is 1.38 bits per heavy atom. The molecule has 1 amide bonds. The Hall–Kier alpha value is -2.45. The molecule has 0 unspecified atom stereocenters. The fraction of sp³-hybridized carbons (Fsp3) is 0.583. The van der Waals surface area contributed by atoms with Crippen LogP contribution in [-0.2, 0) is 19.7 Å². The lowest BCUT2D eigenvalue weighted by atomic mass is 9.96. The lowest BCUT2D eigenvalue weighted by molar-refractivity contribution is -0.147. The Balaban J connectivity index is 2.80. The highest BCUT2D eigenvalue weighted by atomic mass is 16.5. The zero-order chi connectivity index (χ0) is 16.2. The third-order valence-corrected chi connectivity index (χ3v) is 2.60. The molecular weight excluding hydrogens is 280 g/mol. The monoisotopic (exact) mass is 298 g/mol. The van der Waals surface area contributed by atoms with E-state index in [1.807, 2.05) is 20.8 Å². The number of H-pyrrole nitrogens is 1. The number of amides is 1. The summed E-state index contributed by atoms with van der Waals surface area (Å²) in [7, 11) is 1.13. The fourth-order valence-electron chi connectivity index (χ4n) is 1.37. The first-order chi connectivity index (χ1) is 9.65. The largest absolute Gasteiger partial charge is 0.480 e. The normalized spacial score (nSPS) is 12.6. The number of aromatic amines is 1. The number of aliphatic carboxylic acids is 1. The average Bonchev–Trinajstić information content (AvgIpc) is 2.86. The number of carboxylic acids is 1. The van der Waals surface area contributed by atoms with E-state index in [4.69, 9.17) is 5.11 Å². The molecule has 21 heavy (non-hydrogen) atoms. The Labute approximate surface area is 121 Å². The highest BCUT2D eigenvalue weighted by molar-refractivity contribution is 5.94. The van der Waals surface area contributed by atoms with E-state index >= 15 is 0 Å². The number of esters is 1. The number of rotatable bonds is 5. The van der Waals surface area contributed by atoms with Gasteiger partial charge in [0.2, 0.25) is 5.82 Å². The molecule has 0 bridgehead atoms. The van der Waals surface area contributed by atoms with E-state index < -0.39 is 30.3 Å². The van der Waals surface area contributed by atoms with Gasteiger partial charge in [-0.15, -0.1) is 5.10 Å². The predicted molar refractivity (Wildman–Crippen MR) is 70.6 cm³/mol. The van der Waals surface area contributed by atoms with E-state index in [-0.39, 0.29) is 11.2 Å². The van der Waals surface area contributed by atoms with Crippen LogP contribution in [-0.4, -0.2) is 51.3 Å². The van der Waals surface area contributed by atoms with Crippen LogP contribution in [0.1, 0.15) is 43.6 Å². The lowest BCUT2D eigenvalue weighted by Gasteiger charge is -2.13. The second-order valence-electron chi connectivity index (χ2n) is 5.40. The minimum atomic E-state index is -1.40. The molecule has 1 atom stereocenters. The van der Waals surface area contributed by atoms with Gasteiger partial charge in [-0.1, -0.05) is 20.8 Å². The average molecular weight is 298 g/mol. The zero-order valence-electron chi connectivity index (χ0n) is 12.3. The summed E-state index contributed by atoms with van der Waals surface area (Å²) in [6, 6.07) is -1.40. The molecule has 1 aromatic rings. The van der Waals surface area contributed by atoms with Gasteiger partial charge in [0.25, 0.3) is 5.91 Å². The van der Waals surface area contributed by atoms with Crippen LogP contribution in [0.2, 0.25) is 0 Å². The molecule has 0 saturated heterocycles. The van der Waals surface area contributed by atoms with Crippen LogP contribution in [0.5, 0.6) is 0 Å². The van der Waals surface area contributed by atoms with Crippen LogP contribution in [0.4, 0.5) is 0 Å². The first kappa shape index (κ1) is 16.6. The molecule has 0 aromatic carbocycles. The van der Waals surface area contributed by atoms with Crippen molar-refractivity contribution in [2.45, 2.75) is 38.6 Å². The topological polar surface area (TPSA) is 134 Å². The maximum absolute atomic E-state index is 11.9. The van der Waals surface area contributed by atoms with Crippen molar-refractivity contribution in [2.24, 2.45) is 0 Å². The summed E-state index contributed by atoms with van der Waals surface area (Å²) in [5, 5.41) is 17.5. The minimum Gasteiger partial charge on any atom is -0.480 e. The van der Waals surface area contributed by atoms with E-state index in [9.17, 15) is 14.4 Å². The summed E-state index contributed by atoms with van der Waals surface area (Å²) in [5.74, 6) is -2.56. The molecule has 0 saturated carbocycles. The summed E-state index contributed by atoms with van der Waals surface area (Å²) in [6.45, 7) is 5.64. The van der Waals surface area contributed by atoms with Crippen molar-refractivity contribution in [3.8, 4) is 0 Å². The number of carbonyl (C=O) groups excluding carboxylic acids is 2. The van der Waals surface area contributed by atoms with E-state index in [2.05, 4.69) is 25.2 Å². The maximum atomic E-state index is 11.9. The summed E-state index contributed by atoms with van der Waals surface area (Å²) in [4.78, 5) is 38.0. The number of nitrogens with zero attached hydrogens (tertiary/aromatic N) is 2. The fourth-order valence-corrected chi connectivity index (χ4v) is 1.37. The number of hydrogen-bond acceptors (Lipinski definition) is 6. The number of methoxy groups -OCH3 is 1. The van der Waals surface area contributed by atoms with Gasteiger partial charge in [0.05, 0.1) is 13.5 Å². The van der Waals surface area contributed by atoms with Crippen LogP contribution < -0.4 is 5.32 Å². The van der Waals surface area contributed by atoms with Gasteiger partial charge in [-0.25, -0.2) is 9.78 Å². The molecule has 0 aliphatic heterocycles. The minimum absolute atomic E-state index is 0.184. The number of carbonyl (C=O) groups is 3.